The number of para-hydroxylation sites is 1. The molecule has 3 heteroatoms. The van der Waals surface area contributed by atoms with Gasteiger partial charge in [0, 0.05) is 10.2 Å². The first kappa shape index (κ1) is 13.1. The lowest BCUT2D eigenvalue weighted by atomic mass is 10.0. The second kappa shape index (κ2) is 6.03. The van der Waals surface area contributed by atoms with Gasteiger partial charge in [0.05, 0.1) is 12.6 Å². The molecule has 0 aromatic heterocycles. The molecule has 0 heterocycles. The zero-order valence-corrected chi connectivity index (χ0v) is 11.8. The highest BCUT2D eigenvalue weighted by Crippen LogP contribution is 2.23. The highest BCUT2D eigenvalue weighted by Gasteiger charge is 2.10. The average Bonchev–Trinajstić information content (AvgIpc) is 2.40. The summed E-state index contributed by atoms with van der Waals surface area (Å²) in [6.07, 6.45) is 0. The summed E-state index contributed by atoms with van der Waals surface area (Å²) >= 11 is 3.48. The van der Waals surface area contributed by atoms with Crippen molar-refractivity contribution in [3.05, 3.63) is 64.1 Å². The van der Waals surface area contributed by atoms with Crippen LogP contribution in [-0.2, 0) is 0 Å². The van der Waals surface area contributed by atoms with Gasteiger partial charge in [-0.1, -0.05) is 46.3 Å². The summed E-state index contributed by atoms with van der Waals surface area (Å²) in [6, 6.07) is 16.0. The molecule has 2 rings (SSSR count). The van der Waals surface area contributed by atoms with Crippen molar-refractivity contribution in [1.29, 1.82) is 0 Å². The van der Waals surface area contributed by atoms with Crippen molar-refractivity contribution in [2.45, 2.75) is 13.0 Å². The molecule has 2 nitrogen and oxygen atoms in total. The zero-order valence-electron chi connectivity index (χ0n) is 10.2. The minimum absolute atomic E-state index is 0.0654. The molecule has 0 fully saturated rings. The van der Waals surface area contributed by atoms with Gasteiger partial charge < -0.3 is 10.4 Å². The van der Waals surface area contributed by atoms with Gasteiger partial charge in [-0.2, -0.15) is 0 Å². The Balaban J connectivity index is 2.20. The first-order chi connectivity index (χ1) is 8.70. The summed E-state index contributed by atoms with van der Waals surface area (Å²) < 4.78 is 1.09. The van der Waals surface area contributed by atoms with Crippen molar-refractivity contribution >= 4 is 21.6 Å². The van der Waals surface area contributed by atoms with Crippen LogP contribution >= 0.6 is 15.9 Å². The fraction of sp³-hybridized carbons (Fsp3) is 0.200. The number of benzene rings is 2. The maximum atomic E-state index is 9.53. The third-order valence-electron chi connectivity index (χ3n) is 2.88. The molecule has 0 radical (unpaired) electrons. The van der Waals surface area contributed by atoms with E-state index in [1.54, 1.807) is 0 Å². The SMILES string of the molecule is Cc1cc(C(CO)Nc2ccccc2)ccc1Br. The van der Waals surface area contributed by atoms with Crippen LogP contribution in [0.15, 0.2) is 53.0 Å². The van der Waals surface area contributed by atoms with Crippen molar-refractivity contribution in [2.24, 2.45) is 0 Å². The molecular weight excluding hydrogens is 290 g/mol. The van der Waals surface area contributed by atoms with Crippen molar-refractivity contribution in [1.82, 2.24) is 0 Å². The second-order valence-electron chi connectivity index (χ2n) is 4.25. The maximum absolute atomic E-state index is 9.53. The summed E-state index contributed by atoms with van der Waals surface area (Å²) in [6.45, 7) is 2.11. The van der Waals surface area contributed by atoms with Crippen LogP contribution in [0.25, 0.3) is 0 Å². The fourth-order valence-electron chi connectivity index (χ4n) is 1.85. The Morgan fingerprint density at radius 1 is 1.17 bits per heavy atom. The molecule has 1 atom stereocenters. The van der Waals surface area contributed by atoms with E-state index < -0.39 is 0 Å². The molecule has 0 saturated carbocycles. The lowest BCUT2D eigenvalue weighted by Crippen LogP contribution is -2.14. The van der Waals surface area contributed by atoms with Crippen LogP contribution < -0.4 is 5.32 Å². The average molecular weight is 306 g/mol. The van der Waals surface area contributed by atoms with E-state index in [1.807, 2.05) is 49.4 Å². The molecule has 0 aliphatic rings. The van der Waals surface area contributed by atoms with Crippen molar-refractivity contribution in [2.75, 3.05) is 11.9 Å². The van der Waals surface area contributed by atoms with E-state index in [9.17, 15) is 5.11 Å². The molecule has 94 valence electrons. The third-order valence-corrected chi connectivity index (χ3v) is 3.77. The van der Waals surface area contributed by atoms with Gasteiger partial charge in [-0.15, -0.1) is 0 Å². The minimum Gasteiger partial charge on any atom is -0.394 e. The molecular formula is C15H16BrNO. The molecule has 2 aromatic rings. The van der Waals surface area contributed by atoms with Gasteiger partial charge in [0.1, 0.15) is 0 Å². The van der Waals surface area contributed by atoms with Gasteiger partial charge in [0.2, 0.25) is 0 Å². The van der Waals surface area contributed by atoms with E-state index in [-0.39, 0.29) is 12.6 Å². The van der Waals surface area contributed by atoms with Gasteiger partial charge in [0.25, 0.3) is 0 Å². The van der Waals surface area contributed by atoms with E-state index in [1.165, 1.54) is 5.56 Å². The smallest absolute Gasteiger partial charge is 0.0745 e. The first-order valence-electron chi connectivity index (χ1n) is 5.89. The Morgan fingerprint density at radius 2 is 1.89 bits per heavy atom. The molecule has 2 N–H and O–H groups in total. The Labute approximate surface area is 116 Å². The molecule has 0 amide bonds. The van der Waals surface area contributed by atoms with Crippen LogP contribution in [0, 0.1) is 6.92 Å². The Bertz CT molecular complexity index is 513. The van der Waals surface area contributed by atoms with E-state index >= 15 is 0 Å². The molecule has 0 spiro atoms. The number of rotatable bonds is 4. The minimum atomic E-state index is -0.0841. The van der Waals surface area contributed by atoms with E-state index in [0.29, 0.717) is 0 Å². The fourth-order valence-corrected chi connectivity index (χ4v) is 2.10. The first-order valence-corrected chi connectivity index (χ1v) is 6.68. The lowest BCUT2D eigenvalue weighted by Gasteiger charge is -2.18. The zero-order chi connectivity index (χ0) is 13.0. The number of aliphatic hydroxyl groups excluding tert-OH is 1. The summed E-state index contributed by atoms with van der Waals surface area (Å²) in [4.78, 5) is 0. The summed E-state index contributed by atoms with van der Waals surface area (Å²) in [7, 11) is 0. The molecule has 0 aliphatic heterocycles. The quantitative estimate of drug-likeness (QED) is 0.898. The molecule has 2 aromatic carbocycles. The van der Waals surface area contributed by atoms with Gasteiger partial charge in [-0.05, 0) is 36.2 Å². The molecule has 0 aliphatic carbocycles. The van der Waals surface area contributed by atoms with Crippen LogP contribution in [0.2, 0.25) is 0 Å². The van der Waals surface area contributed by atoms with Gasteiger partial charge in [-0.25, -0.2) is 0 Å². The monoisotopic (exact) mass is 305 g/mol. The van der Waals surface area contributed by atoms with Crippen molar-refractivity contribution in [3.63, 3.8) is 0 Å². The number of anilines is 1. The topological polar surface area (TPSA) is 32.3 Å². The van der Waals surface area contributed by atoms with Gasteiger partial charge >= 0.3 is 0 Å². The molecule has 0 saturated heterocycles. The maximum Gasteiger partial charge on any atom is 0.0745 e. The predicted molar refractivity (Wildman–Crippen MR) is 78.8 cm³/mol. The lowest BCUT2D eigenvalue weighted by molar-refractivity contribution is 0.276. The second-order valence-corrected chi connectivity index (χ2v) is 5.11. The normalized spacial score (nSPS) is 12.2. The largest absolute Gasteiger partial charge is 0.394 e. The van der Waals surface area contributed by atoms with E-state index in [0.717, 1.165) is 15.7 Å². The summed E-state index contributed by atoms with van der Waals surface area (Å²) in [5, 5.41) is 12.9. The summed E-state index contributed by atoms with van der Waals surface area (Å²) in [5.74, 6) is 0. The number of hydrogen-bond acceptors (Lipinski definition) is 2. The van der Waals surface area contributed by atoms with Gasteiger partial charge in [0.15, 0.2) is 0 Å². The Hall–Kier alpha value is -1.32. The van der Waals surface area contributed by atoms with Crippen molar-refractivity contribution in [3.8, 4) is 0 Å². The number of aliphatic hydroxyl groups is 1. The van der Waals surface area contributed by atoms with Crippen LogP contribution in [0.1, 0.15) is 17.2 Å². The molecule has 0 bridgehead atoms. The number of hydrogen-bond donors (Lipinski definition) is 2. The number of halogens is 1. The number of nitrogens with one attached hydrogen (secondary N) is 1. The van der Waals surface area contributed by atoms with E-state index in [2.05, 4.69) is 27.3 Å². The molecule has 1 unspecified atom stereocenters. The highest BCUT2D eigenvalue weighted by molar-refractivity contribution is 9.10. The van der Waals surface area contributed by atoms with Crippen LogP contribution in [-0.4, -0.2) is 11.7 Å². The summed E-state index contributed by atoms with van der Waals surface area (Å²) in [5.41, 5.74) is 3.26. The predicted octanol–water partition coefficient (Wildman–Crippen LogP) is 3.90. The third kappa shape index (κ3) is 3.12. The van der Waals surface area contributed by atoms with Gasteiger partial charge in [-0.3, -0.25) is 0 Å². The van der Waals surface area contributed by atoms with Crippen LogP contribution in [0.5, 0.6) is 0 Å². The van der Waals surface area contributed by atoms with Crippen LogP contribution in [0.3, 0.4) is 0 Å². The van der Waals surface area contributed by atoms with Crippen molar-refractivity contribution < 1.29 is 5.11 Å². The molecule has 18 heavy (non-hydrogen) atoms. The standard InChI is InChI=1S/C15H16BrNO/c1-11-9-12(7-8-14(11)16)15(10-18)17-13-5-3-2-4-6-13/h2-9,15,17-18H,10H2,1H3. The van der Waals surface area contributed by atoms with Crippen LogP contribution in [0.4, 0.5) is 5.69 Å². The Morgan fingerprint density at radius 3 is 2.50 bits per heavy atom. The highest BCUT2D eigenvalue weighted by atomic mass is 79.9. The Kier molecular flexibility index (Phi) is 4.39. The number of aryl methyl sites for hydroxylation is 1. The van der Waals surface area contributed by atoms with E-state index in [4.69, 9.17) is 0 Å².